The monoisotopic (exact) mass is 499 g/mol. The molecule has 1 aromatic carbocycles. The van der Waals surface area contributed by atoms with Crippen LogP contribution >= 0.6 is 24.0 Å². The zero-order valence-electron chi connectivity index (χ0n) is 17.2. The maximum Gasteiger partial charge on any atom is 0.191 e. The van der Waals surface area contributed by atoms with Crippen molar-refractivity contribution in [1.82, 2.24) is 20.4 Å². The summed E-state index contributed by atoms with van der Waals surface area (Å²) in [6, 6.07) is 10.4. The molecule has 0 amide bonds. The molecule has 156 valence electrons. The van der Waals surface area contributed by atoms with Crippen molar-refractivity contribution in [3.63, 3.8) is 0 Å². The summed E-state index contributed by atoms with van der Waals surface area (Å²) >= 11 is 0. The third-order valence-electron chi connectivity index (χ3n) is 3.87. The van der Waals surface area contributed by atoms with Crippen LogP contribution in [0.3, 0.4) is 0 Å². The summed E-state index contributed by atoms with van der Waals surface area (Å²) in [6.07, 6.45) is 4.75. The van der Waals surface area contributed by atoms with Crippen molar-refractivity contribution in [2.24, 2.45) is 10.9 Å². The van der Waals surface area contributed by atoms with Crippen molar-refractivity contribution in [3.8, 4) is 0 Å². The number of guanidine groups is 1. The Morgan fingerprint density at radius 1 is 1.21 bits per heavy atom. The van der Waals surface area contributed by atoms with Gasteiger partial charge in [-0.15, -0.1) is 24.0 Å². The van der Waals surface area contributed by atoms with Crippen LogP contribution in [-0.4, -0.2) is 42.0 Å². The molecule has 2 N–H and O–H groups in total. The van der Waals surface area contributed by atoms with Crippen molar-refractivity contribution < 1.29 is 4.74 Å². The highest BCUT2D eigenvalue weighted by atomic mass is 127. The number of aromatic nitrogens is 2. The van der Waals surface area contributed by atoms with E-state index in [0.717, 1.165) is 45.2 Å². The number of ether oxygens (including phenoxy) is 1. The maximum atomic E-state index is 5.61. The Kier molecular flexibility index (Phi) is 12.6. The van der Waals surface area contributed by atoms with Gasteiger partial charge in [-0.3, -0.25) is 4.68 Å². The summed E-state index contributed by atoms with van der Waals surface area (Å²) in [5, 5.41) is 10.9. The van der Waals surface area contributed by atoms with Crippen LogP contribution in [-0.2, 0) is 17.8 Å². The molecule has 2 aromatic rings. The predicted octanol–water partition coefficient (Wildman–Crippen LogP) is 3.67. The first-order chi connectivity index (χ1) is 13.2. The molecule has 6 nitrogen and oxygen atoms in total. The highest BCUT2D eigenvalue weighted by Gasteiger charge is 2.00. The Morgan fingerprint density at radius 2 is 2.04 bits per heavy atom. The summed E-state index contributed by atoms with van der Waals surface area (Å²) in [6.45, 7) is 11.1. The molecule has 0 saturated heterocycles. The molecule has 28 heavy (non-hydrogen) atoms. The van der Waals surface area contributed by atoms with Crippen molar-refractivity contribution >= 4 is 29.9 Å². The van der Waals surface area contributed by atoms with E-state index in [0.29, 0.717) is 12.5 Å². The lowest BCUT2D eigenvalue weighted by Gasteiger charge is -2.12. The second-order valence-electron chi connectivity index (χ2n) is 6.97. The van der Waals surface area contributed by atoms with E-state index in [4.69, 9.17) is 9.73 Å². The molecule has 0 saturated carbocycles. The van der Waals surface area contributed by atoms with Crippen LogP contribution in [0.15, 0.2) is 47.7 Å². The van der Waals surface area contributed by atoms with Gasteiger partial charge in [0.25, 0.3) is 0 Å². The molecular weight excluding hydrogens is 465 g/mol. The first-order valence-corrected chi connectivity index (χ1v) is 9.82. The minimum atomic E-state index is 0. The molecule has 0 radical (unpaired) electrons. The molecule has 0 aliphatic heterocycles. The minimum Gasteiger partial charge on any atom is -0.381 e. The fourth-order valence-corrected chi connectivity index (χ4v) is 2.62. The van der Waals surface area contributed by atoms with Crippen molar-refractivity contribution in [2.45, 2.75) is 40.3 Å². The Bertz CT molecular complexity index is 673. The molecule has 0 bridgehead atoms. The van der Waals surface area contributed by atoms with E-state index in [9.17, 15) is 0 Å². The quantitative estimate of drug-likeness (QED) is 0.214. The Labute approximate surface area is 186 Å². The average molecular weight is 499 g/mol. The first kappa shape index (κ1) is 24.4. The lowest BCUT2D eigenvalue weighted by Crippen LogP contribution is -2.38. The summed E-state index contributed by atoms with van der Waals surface area (Å²) in [7, 11) is 0. The predicted molar refractivity (Wildman–Crippen MR) is 126 cm³/mol. The number of nitrogens with one attached hydrogen (secondary N) is 2. The lowest BCUT2D eigenvalue weighted by molar-refractivity contribution is 0.108. The zero-order chi connectivity index (χ0) is 19.3. The number of benzene rings is 1. The fraction of sp³-hybridized carbons (Fsp3) is 0.524. The van der Waals surface area contributed by atoms with Gasteiger partial charge in [0.05, 0.1) is 13.1 Å². The fourth-order valence-electron chi connectivity index (χ4n) is 2.62. The second-order valence-corrected chi connectivity index (χ2v) is 6.97. The molecule has 0 aliphatic rings. The Morgan fingerprint density at radius 3 is 2.75 bits per heavy atom. The van der Waals surface area contributed by atoms with Gasteiger partial charge in [0.1, 0.15) is 0 Å². The summed E-state index contributed by atoms with van der Waals surface area (Å²) in [5.41, 5.74) is 2.42. The number of aliphatic imine (C=N–C) groups is 1. The van der Waals surface area contributed by atoms with Gasteiger partial charge in [0, 0.05) is 38.7 Å². The van der Waals surface area contributed by atoms with Crippen molar-refractivity contribution in [2.75, 3.05) is 26.3 Å². The number of halogens is 1. The van der Waals surface area contributed by atoms with Gasteiger partial charge in [-0.1, -0.05) is 38.1 Å². The second kappa shape index (κ2) is 14.4. The van der Waals surface area contributed by atoms with Crippen LogP contribution in [0.5, 0.6) is 0 Å². The van der Waals surface area contributed by atoms with E-state index in [1.165, 1.54) is 11.1 Å². The minimum absolute atomic E-state index is 0. The molecule has 1 aromatic heterocycles. The van der Waals surface area contributed by atoms with Crippen LogP contribution in [0.4, 0.5) is 0 Å². The van der Waals surface area contributed by atoms with Crippen LogP contribution in [0.1, 0.15) is 38.3 Å². The largest absolute Gasteiger partial charge is 0.381 e. The van der Waals surface area contributed by atoms with Gasteiger partial charge in [0.15, 0.2) is 5.96 Å². The summed E-state index contributed by atoms with van der Waals surface area (Å²) in [5.74, 6) is 1.43. The number of nitrogens with zero attached hydrogens (tertiary/aromatic N) is 3. The van der Waals surface area contributed by atoms with E-state index in [2.05, 4.69) is 60.8 Å². The summed E-state index contributed by atoms with van der Waals surface area (Å²) < 4.78 is 7.54. The molecule has 0 fully saturated rings. The van der Waals surface area contributed by atoms with Crippen LogP contribution in [0.25, 0.3) is 0 Å². The van der Waals surface area contributed by atoms with E-state index in [-0.39, 0.29) is 24.0 Å². The van der Waals surface area contributed by atoms with Gasteiger partial charge in [-0.05, 0) is 36.5 Å². The molecule has 0 spiro atoms. The summed E-state index contributed by atoms with van der Waals surface area (Å²) in [4.78, 5) is 4.70. The first-order valence-electron chi connectivity index (χ1n) is 9.82. The van der Waals surface area contributed by atoms with Gasteiger partial charge in [-0.25, -0.2) is 4.99 Å². The molecule has 2 rings (SSSR count). The molecule has 0 unspecified atom stereocenters. The van der Waals surface area contributed by atoms with E-state index >= 15 is 0 Å². The Hall–Kier alpha value is -1.61. The van der Waals surface area contributed by atoms with Crippen LogP contribution in [0.2, 0.25) is 0 Å². The third kappa shape index (κ3) is 10.1. The zero-order valence-corrected chi connectivity index (χ0v) is 19.6. The van der Waals surface area contributed by atoms with Crippen molar-refractivity contribution in [1.29, 1.82) is 0 Å². The number of hydrogen-bond acceptors (Lipinski definition) is 3. The van der Waals surface area contributed by atoms with Gasteiger partial charge < -0.3 is 15.4 Å². The van der Waals surface area contributed by atoms with Gasteiger partial charge in [-0.2, -0.15) is 5.10 Å². The SMILES string of the molecule is CCNC(=NCc1cccc(Cn2cccn2)c1)NCCCOCC(C)C.I. The molecule has 0 atom stereocenters. The van der Waals surface area contributed by atoms with Crippen LogP contribution < -0.4 is 10.6 Å². The maximum absolute atomic E-state index is 5.61. The average Bonchev–Trinajstić information content (AvgIpc) is 3.15. The normalized spacial score (nSPS) is 11.4. The smallest absolute Gasteiger partial charge is 0.191 e. The molecule has 1 heterocycles. The standard InChI is InChI=1S/C21H33N5O.HI/c1-4-22-21(23-10-7-13-27-17-18(2)3)24-15-19-8-5-9-20(14-19)16-26-12-6-11-25-26;/h5-6,8-9,11-12,14,18H,4,7,10,13,15-17H2,1-3H3,(H2,22,23,24);1H. The van der Waals surface area contributed by atoms with Crippen molar-refractivity contribution in [3.05, 3.63) is 53.9 Å². The topological polar surface area (TPSA) is 63.5 Å². The number of hydrogen-bond donors (Lipinski definition) is 2. The van der Waals surface area contributed by atoms with E-state index in [1.807, 2.05) is 16.9 Å². The van der Waals surface area contributed by atoms with Crippen LogP contribution in [0, 0.1) is 5.92 Å². The molecular formula is C21H34IN5O. The molecule has 0 aliphatic carbocycles. The third-order valence-corrected chi connectivity index (χ3v) is 3.87. The Balaban J connectivity index is 0.00000392. The number of rotatable bonds is 11. The van der Waals surface area contributed by atoms with E-state index in [1.54, 1.807) is 6.20 Å². The van der Waals surface area contributed by atoms with Gasteiger partial charge in [0.2, 0.25) is 0 Å². The molecule has 7 heteroatoms. The highest BCUT2D eigenvalue weighted by molar-refractivity contribution is 14.0. The van der Waals surface area contributed by atoms with Gasteiger partial charge >= 0.3 is 0 Å². The lowest BCUT2D eigenvalue weighted by atomic mass is 10.1. The highest BCUT2D eigenvalue weighted by Crippen LogP contribution is 2.08. The van der Waals surface area contributed by atoms with E-state index < -0.39 is 0 Å².